The van der Waals surface area contributed by atoms with Gasteiger partial charge in [0.15, 0.2) is 6.61 Å². The predicted octanol–water partition coefficient (Wildman–Crippen LogP) is 2.40. The van der Waals surface area contributed by atoms with E-state index in [1.54, 1.807) is 7.11 Å². The molecule has 4 rings (SSSR count). The molecule has 2 N–H and O–H groups in total. The normalized spacial score (nSPS) is 18.6. The molecular weight excluding hydrogens is 470 g/mol. The van der Waals surface area contributed by atoms with E-state index in [9.17, 15) is 18.0 Å². The van der Waals surface area contributed by atoms with Crippen LogP contribution in [0, 0.1) is 5.92 Å². The van der Waals surface area contributed by atoms with Gasteiger partial charge in [0, 0.05) is 25.7 Å². The van der Waals surface area contributed by atoms with Gasteiger partial charge in [0.05, 0.1) is 23.7 Å². The SMILES string of the molecule is COc1ccc(CNC(=O)[C@@H]2CCCN(S(=O)(=O)c3cc4c(cc3Cl)NC(=O)CO4)C2)cc1. The first-order valence-electron chi connectivity index (χ1n) is 10.4. The van der Waals surface area contributed by atoms with E-state index in [1.807, 2.05) is 24.3 Å². The van der Waals surface area contributed by atoms with Crippen molar-refractivity contribution in [2.75, 3.05) is 32.1 Å². The first-order valence-corrected chi connectivity index (χ1v) is 12.3. The molecule has 33 heavy (non-hydrogen) atoms. The Hall–Kier alpha value is -2.82. The first-order chi connectivity index (χ1) is 15.8. The molecule has 0 unspecified atom stereocenters. The summed E-state index contributed by atoms with van der Waals surface area (Å²) in [6.07, 6.45) is 1.14. The summed E-state index contributed by atoms with van der Waals surface area (Å²) in [5.41, 5.74) is 1.24. The van der Waals surface area contributed by atoms with Crippen LogP contribution in [0.1, 0.15) is 18.4 Å². The lowest BCUT2D eigenvalue weighted by molar-refractivity contribution is -0.126. The van der Waals surface area contributed by atoms with E-state index in [0.29, 0.717) is 25.1 Å². The van der Waals surface area contributed by atoms with Crippen molar-refractivity contribution in [2.45, 2.75) is 24.3 Å². The Labute approximate surface area is 197 Å². The zero-order valence-corrected chi connectivity index (χ0v) is 19.5. The fourth-order valence-electron chi connectivity index (χ4n) is 3.87. The number of methoxy groups -OCH3 is 1. The monoisotopic (exact) mass is 493 g/mol. The highest BCUT2D eigenvalue weighted by molar-refractivity contribution is 7.89. The highest BCUT2D eigenvalue weighted by Crippen LogP contribution is 2.37. The number of fused-ring (bicyclic) bond motifs is 1. The minimum Gasteiger partial charge on any atom is -0.497 e. The third-order valence-electron chi connectivity index (χ3n) is 5.67. The molecule has 1 atom stereocenters. The number of nitrogens with one attached hydrogen (secondary N) is 2. The lowest BCUT2D eigenvalue weighted by atomic mass is 9.99. The molecular formula is C22H24ClN3O6S. The van der Waals surface area contributed by atoms with Gasteiger partial charge in [0.1, 0.15) is 16.4 Å². The van der Waals surface area contributed by atoms with Crippen LogP contribution in [0.25, 0.3) is 0 Å². The Kier molecular flexibility index (Phi) is 6.78. The van der Waals surface area contributed by atoms with Crippen molar-refractivity contribution in [3.63, 3.8) is 0 Å². The van der Waals surface area contributed by atoms with Crippen LogP contribution >= 0.6 is 11.6 Å². The number of benzene rings is 2. The Bertz CT molecular complexity index is 1170. The Morgan fingerprint density at radius 2 is 2.06 bits per heavy atom. The van der Waals surface area contributed by atoms with Gasteiger partial charge in [-0.1, -0.05) is 23.7 Å². The molecule has 0 saturated carbocycles. The number of hydrogen-bond donors (Lipinski definition) is 2. The third-order valence-corrected chi connectivity index (χ3v) is 8.00. The number of piperidine rings is 1. The second-order valence-electron chi connectivity index (χ2n) is 7.88. The summed E-state index contributed by atoms with van der Waals surface area (Å²) in [7, 11) is -2.38. The number of rotatable bonds is 6. The number of hydrogen-bond acceptors (Lipinski definition) is 6. The smallest absolute Gasteiger partial charge is 0.262 e. The summed E-state index contributed by atoms with van der Waals surface area (Å²) in [5, 5.41) is 5.46. The Balaban J connectivity index is 1.45. The standard InChI is InChI=1S/C22H24ClN3O6S/c1-31-16-6-4-14(5-7-16)11-24-22(28)15-3-2-8-26(12-15)33(29,30)20-10-19-18(9-17(20)23)25-21(27)13-32-19/h4-7,9-10,15H,2-3,8,11-13H2,1H3,(H,24,28)(H,25,27)/t15-/m1/s1. The highest BCUT2D eigenvalue weighted by Gasteiger charge is 2.35. The number of halogens is 1. The van der Waals surface area contributed by atoms with Gasteiger partial charge in [0.2, 0.25) is 15.9 Å². The molecule has 11 heteroatoms. The summed E-state index contributed by atoms with van der Waals surface area (Å²) >= 11 is 6.25. The lowest BCUT2D eigenvalue weighted by Crippen LogP contribution is -2.45. The van der Waals surface area contributed by atoms with Gasteiger partial charge in [-0.15, -0.1) is 0 Å². The summed E-state index contributed by atoms with van der Waals surface area (Å²) < 4.78 is 38.4. The fraction of sp³-hybridized carbons (Fsp3) is 0.364. The zero-order chi connectivity index (χ0) is 23.6. The van der Waals surface area contributed by atoms with Crippen LogP contribution in [0.5, 0.6) is 11.5 Å². The van der Waals surface area contributed by atoms with Crippen LogP contribution in [-0.4, -0.2) is 51.3 Å². The maximum Gasteiger partial charge on any atom is 0.262 e. The largest absolute Gasteiger partial charge is 0.497 e. The van der Waals surface area contributed by atoms with E-state index >= 15 is 0 Å². The van der Waals surface area contributed by atoms with Gasteiger partial charge >= 0.3 is 0 Å². The van der Waals surface area contributed by atoms with Crippen molar-refractivity contribution in [1.82, 2.24) is 9.62 Å². The molecule has 0 aliphatic carbocycles. The number of carbonyl (C=O) groups excluding carboxylic acids is 2. The summed E-state index contributed by atoms with van der Waals surface area (Å²) in [5.74, 6) is -0.0455. The quantitative estimate of drug-likeness (QED) is 0.638. The number of amides is 2. The zero-order valence-electron chi connectivity index (χ0n) is 18.0. The number of sulfonamides is 1. The van der Waals surface area contributed by atoms with Crippen molar-refractivity contribution in [3.8, 4) is 11.5 Å². The summed E-state index contributed by atoms with van der Waals surface area (Å²) in [6.45, 7) is 0.484. The van der Waals surface area contributed by atoms with E-state index in [2.05, 4.69) is 10.6 Å². The molecule has 0 bridgehead atoms. The predicted molar refractivity (Wildman–Crippen MR) is 122 cm³/mol. The first kappa shape index (κ1) is 23.3. The van der Waals surface area contributed by atoms with E-state index < -0.39 is 15.9 Å². The molecule has 0 radical (unpaired) electrons. The van der Waals surface area contributed by atoms with Crippen LogP contribution in [0.3, 0.4) is 0 Å². The molecule has 2 aromatic rings. The van der Waals surface area contributed by atoms with E-state index in [0.717, 1.165) is 11.3 Å². The lowest BCUT2D eigenvalue weighted by Gasteiger charge is -2.31. The molecule has 2 aliphatic heterocycles. The van der Waals surface area contributed by atoms with Gasteiger partial charge in [0.25, 0.3) is 5.91 Å². The Morgan fingerprint density at radius 1 is 1.30 bits per heavy atom. The molecule has 176 valence electrons. The van der Waals surface area contributed by atoms with Gasteiger partial charge < -0.3 is 20.1 Å². The van der Waals surface area contributed by atoms with Crippen molar-refractivity contribution in [1.29, 1.82) is 0 Å². The highest BCUT2D eigenvalue weighted by atomic mass is 35.5. The minimum atomic E-state index is -3.97. The number of nitrogens with zero attached hydrogens (tertiary/aromatic N) is 1. The van der Waals surface area contributed by atoms with Crippen LogP contribution < -0.4 is 20.1 Å². The second kappa shape index (κ2) is 9.58. The van der Waals surface area contributed by atoms with Crippen LogP contribution in [0.15, 0.2) is 41.3 Å². The maximum atomic E-state index is 13.3. The van der Waals surface area contributed by atoms with Gasteiger partial charge in [-0.2, -0.15) is 4.31 Å². The molecule has 2 amide bonds. The van der Waals surface area contributed by atoms with Crippen molar-refractivity contribution < 1.29 is 27.5 Å². The molecule has 2 heterocycles. The third kappa shape index (κ3) is 5.07. The number of ether oxygens (including phenoxy) is 2. The molecule has 0 spiro atoms. The van der Waals surface area contributed by atoms with Crippen molar-refractivity contribution >= 4 is 39.1 Å². The van der Waals surface area contributed by atoms with E-state index in [-0.39, 0.29) is 47.2 Å². The fourth-order valence-corrected chi connectivity index (χ4v) is 5.91. The molecule has 1 fully saturated rings. The summed E-state index contributed by atoms with van der Waals surface area (Å²) in [4.78, 5) is 24.1. The van der Waals surface area contributed by atoms with Gasteiger partial charge in [-0.25, -0.2) is 8.42 Å². The molecule has 9 nitrogen and oxygen atoms in total. The molecule has 0 aromatic heterocycles. The van der Waals surface area contributed by atoms with Crippen LogP contribution in [0.2, 0.25) is 5.02 Å². The second-order valence-corrected chi connectivity index (χ2v) is 10.2. The van der Waals surface area contributed by atoms with Gasteiger partial charge in [-0.05, 0) is 36.6 Å². The van der Waals surface area contributed by atoms with Crippen molar-refractivity contribution in [3.05, 3.63) is 47.0 Å². The molecule has 2 aromatic carbocycles. The maximum absolute atomic E-state index is 13.3. The molecule has 1 saturated heterocycles. The van der Waals surface area contributed by atoms with Gasteiger partial charge in [-0.3, -0.25) is 9.59 Å². The summed E-state index contributed by atoms with van der Waals surface area (Å²) in [6, 6.07) is 10.0. The average molecular weight is 494 g/mol. The van der Waals surface area contributed by atoms with Crippen LogP contribution in [0.4, 0.5) is 5.69 Å². The average Bonchev–Trinajstić information content (AvgIpc) is 2.82. The van der Waals surface area contributed by atoms with Crippen LogP contribution in [-0.2, 0) is 26.2 Å². The van der Waals surface area contributed by atoms with E-state index in [4.69, 9.17) is 21.1 Å². The topological polar surface area (TPSA) is 114 Å². The number of anilines is 1. The number of carbonyl (C=O) groups is 2. The minimum absolute atomic E-state index is 0.0226. The molecule has 2 aliphatic rings. The van der Waals surface area contributed by atoms with Crippen molar-refractivity contribution in [2.24, 2.45) is 5.92 Å². The Morgan fingerprint density at radius 3 is 2.79 bits per heavy atom. The van der Waals surface area contributed by atoms with E-state index in [1.165, 1.54) is 16.4 Å².